The van der Waals surface area contributed by atoms with Gasteiger partial charge in [-0.1, -0.05) is 8.64 Å². The second-order valence-corrected chi connectivity index (χ2v) is 13.0. The smallest absolute Gasteiger partial charge is 0.411 e. The molecule has 2 aliphatic rings. The summed E-state index contributed by atoms with van der Waals surface area (Å²) in [6.07, 6.45) is 1.11. The topological polar surface area (TPSA) is 115 Å². The molecule has 2 rings (SSSR count). The van der Waals surface area contributed by atoms with Crippen LogP contribution in [-0.2, 0) is 44.9 Å². The Morgan fingerprint density at radius 2 is 1.14 bits per heavy atom. The van der Waals surface area contributed by atoms with E-state index < -0.39 is 19.7 Å². The van der Waals surface area contributed by atoms with Gasteiger partial charge in [0.15, 0.2) is 19.7 Å². The van der Waals surface area contributed by atoms with Gasteiger partial charge in [0, 0.05) is 25.2 Å². The molecule has 0 aliphatic carbocycles. The van der Waals surface area contributed by atoms with Crippen molar-refractivity contribution in [1.82, 2.24) is 9.80 Å². The number of hydrogen-bond donors (Lipinski definition) is 2. The molecule has 2 unspecified atom stereocenters. The van der Waals surface area contributed by atoms with Crippen LogP contribution in [0.5, 0.6) is 0 Å². The van der Waals surface area contributed by atoms with E-state index in [1.165, 1.54) is 0 Å². The maximum Gasteiger partial charge on any atom is 2.00 e. The van der Waals surface area contributed by atoms with Gasteiger partial charge >= 0.3 is 23.1 Å². The summed E-state index contributed by atoms with van der Waals surface area (Å²) in [6.45, 7) is 0.520. The molecule has 2 heterocycles. The van der Waals surface area contributed by atoms with Gasteiger partial charge in [-0.05, 0) is 12.8 Å². The van der Waals surface area contributed by atoms with Gasteiger partial charge in [0.2, 0.25) is 0 Å². The Morgan fingerprint density at radius 3 is 1.31 bits per heavy atom. The number of sulfone groups is 2. The van der Waals surface area contributed by atoms with Gasteiger partial charge in [-0.3, -0.25) is 0 Å². The van der Waals surface area contributed by atoms with E-state index >= 15 is 0 Å². The molecule has 29 heavy (non-hydrogen) atoms. The van der Waals surface area contributed by atoms with Crippen LogP contribution < -0.4 is 0 Å². The first-order chi connectivity index (χ1) is 12.9. The zero-order chi connectivity index (χ0) is 21.5. The van der Waals surface area contributed by atoms with Crippen LogP contribution >= 0.6 is 24.4 Å². The summed E-state index contributed by atoms with van der Waals surface area (Å²) in [7, 11) is -5.84. The van der Waals surface area contributed by atoms with Gasteiger partial charge in [-0.15, -0.1) is 0 Å². The molecule has 2 fully saturated rings. The first kappa shape index (κ1) is 29.8. The third kappa shape index (κ3) is 10.3. The molecular weight excluding hydrogens is 509 g/mol. The molecule has 0 saturated carbocycles. The summed E-state index contributed by atoms with van der Waals surface area (Å²) in [6, 6.07) is -0.283. The van der Waals surface area contributed by atoms with Crippen molar-refractivity contribution in [3.8, 4) is 0 Å². The Hall–Kier alpha value is 0.806. The van der Waals surface area contributed by atoms with Crippen molar-refractivity contribution < 1.29 is 27.0 Å². The summed E-state index contributed by atoms with van der Waals surface area (Å²) in [4.78, 5) is 3.24. The van der Waals surface area contributed by atoms with E-state index in [2.05, 4.69) is 0 Å². The van der Waals surface area contributed by atoms with Gasteiger partial charge in [-0.2, -0.15) is 0 Å². The SMILES string of the molecule is O=S1(=O)CCC(N(CCO)C(=S)[S-])C1.O=S1(=O)CCC(N(CCO)C(=S)[S-])C1.[Mg+2]. The molecule has 0 radical (unpaired) electrons. The minimum atomic E-state index is -2.92. The standard InChI is InChI=1S/2C7H13NO3S3.Mg/c2*9-3-2-8(7(12)13)6-1-4-14(10,11)5-6;/h2*6,9H,1-5H2,(H,12,13);/q;;+2/p-2. The van der Waals surface area contributed by atoms with Crippen LogP contribution in [0.25, 0.3) is 0 Å². The van der Waals surface area contributed by atoms with Gasteiger partial charge < -0.3 is 69.7 Å². The van der Waals surface area contributed by atoms with Crippen LogP contribution in [0.1, 0.15) is 12.8 Å². The first-order valence-electron chi connectivity index (χ1n) is 8.50. The Kier molecular flexibility index (Phi) is 13.7. The summed E-state index contributed by atoms with van der Waals surface area (Å²) in [5.74, 6) is 0.586. The molecule has 0 spiro atoms. The monoisotopic (exact) mass is 532 g/mol. The zero-order valence-corrected chi connectivity index (χ0v) is 22.1. The maximum atomic E-state index is 11.2. The van der Waals surface area contributed by atoms with E-state index in [0.29, 0.717) is 25.9 Å². The third-order valence-corrected chi connectivity index (χ3v) is 8.89. The molecule has 0 aromatic rings. The fourth-order valence-corrected chi connectivity index (χ4v) is 7.53. The number of thiocarbonyl (C=S) groups is 2. The fourth-order valence-electron chi connectivity index (χ4n) is 3.10. The largest absolute Gasteiger partial charge is 2.00 e. The van der Waals surface area contributed by atoms with E-state index in [0.717, 1.165) is 0 Å². The van der Waals surface area contributed by atoms with Gasteiger partial charge in [-0.25, -0.2) is 16.8 Å². The predicted molar refractivity (Wildman–Crippen MR) is 127 cm³/mol. The average Bonchev–Trinajstić information content (AvgIpc) is 3.11. The zero-order valence-electron chi connectivity index (χ0n) is 15.8. The maximum absolute atomic E-state index is 11.2. The Bertz CT molecular complexity index is 699. The van der Waals surface area contributed by atoms with Crippen LogP contribution in [-0.4, -0.2) is 130 Å². The third-order valence-electron chi connectivity index (χ3n) is 4.45. The molecule has 2 aliphatic heterocycles. The van der Waals surface area contributed by atoms with E-state index in [1.807, 2.05) is 0 Å². The van der Waals surface area contributed by atoms with Crippen molar-refractivity contribution in [2.45, 2.75) is 24.9 Å². The van der Waals surface area contributed by atoms with Gasteiger partial charge in [0.05, 0.1) is 36.2 Å². The van der Waals surface area contributed by atoms with Crippen molar-refractivity contribution in [2.24, 2.45) is 0 Å². The van der Waals surface area contributed by atoms with Crippen LogP contribution in [0.2, 0.25) is 0 Å². The van der Waals surface area contributed by atoms with E-state index in [-0.39, 0.29) is 80.0 Å². The van der Waals surface area contributed by atoms with E-state index in [9.17, 15) is 16.8 Å². The molecule has 2 atom stereocenters. The van der Waals surface area contributed by atoms with Crippen LogP contribution in [0.15, 0.2) is 0 Å². The Balaban J connectivity index is 0.000000523. The molecule has 0 aromatic heterocycles. The minimum absolute atomic E-state index is 0. The number of hydrogen-bond acceptors (Lipinski definition) is 10. The molecule has 15 heteroatoms. The molecule has 0 bridgehead atoms. The quantitative estimate of drug-likeness (QED) is 0.229. The van der Waals surface area contributed by atoms with E-state index in [4.69, 9.17) is 59.9 Å². The van der Waals surface area contributed by atoms with Crippen LogP contribution in [0, 0.1) is 0 Å². The molecule has 2 N–H and O–H groups in total. The molecule has 8 nitrogen and oxygen atoms in total. The van der Waals surface area contributed by atoms with Gasteiger partial charge in [0.25, 0.3) is 0 Å². The number of aliphatic hydroxyl groups excluding tert-OH is 2. The van der Waals surface area contributed by atoms with Crippen LogP contribution in [0.4, 0.5) is 0 Å². The second-order valence-electron chi connectivity index (χ2n) is 6.48. The van der Waals surface area contributed by atoms with Crippen LogP contribution in [0.3, 0.4) is 0 Å². The summed E-state index contributed by atoms with van der Waals surface area (Å²) in [5.41, 5.74) is 0. The van der Waals surface area contributed by atoms with Crippen molar-refractivity contribution in [3.05, 3.63) is 0 Å². The first-order valence-corrected chi connectivity index (χ1v) is 13.8. The molecule has 0 aromatic carbocycles. The summed E-state index contributed by atoms with van der Waals surface area (Å²) >= 11 is 19.3. The summed E-state index contributed by atoms with van der Waals surface area (Å²) in [5, 5.41) is 17.6. The fraction of sp³-hybridized carbons (Fsp3) is 0.857. The van der Waals surface area contributed by atoms with Crippen molar-refractivity contribution in [2.75, 3.05) is 49.3 Å². The normalized spacial score (nSPS) is 23.9. The number of rotatable bonds is 6. The minimum Gasteiger partial charge on any atom is -0.411 e. The van der Waals surface area contributed by atoms with Crippen molar-refractivity contribution in [1.29, 1.82) is 0 Å². The Labute approximate surface area is 210 Å². The molecule has 164 valence electrons. The number of nitrogens with zero attached hydrogens (tertiary/aromatic N) is 2. The molecular formula is C14H24MgN2O6S6. The van der Waals surface area contributed by atoms with Crippen molar-refractivity contribution >= 4 is 101 Å². The van der Waals surface area contributed by atoms with Crippen molar-refractivity contribution in [3.63, 3.8) is 0 Å². The number of aliphatic hydroxyl groups is 2. The summed E-state index contributed by atoms with van der Waals surface area (Å²) < 4.78 is 45.3. The van der Waals surface area contributed by atoms with E-state index in [1.54, 1.807) is 9.80 Å². The van der Waals surface area contributed by atoms with Gasteiger partial charge in [0.1, 0.15) is 0 Å². The molecule has 2 saturated heterocycles. The molecule has 0 amide bonds. The second kappa shape index (κ2) is 13.4. The predicted octanol–water partition coefficient (Wildman–Crippen LogP) is -1.78. The average molecular weight is 533 g/mol. The Morgan fingerprint density at radius 1 is 0.828 bits per heavy atom.